The first-order valence-corrected chi connectivity index (χ1v) is 9.15. The fourth-order valence-electron chi connectivity index (χ4n) is 2.88. The molecule has 144 valence electrons. The number of aromatic carboxylic acids is 1. The monoisotopic (exact) mass is 399 g/mol. The molecule has 2 aromatic carbocycles. The molecule has 1 aromatic heterocycles. The minimum Gasteiger partial charge on any atom is -0.487 e. The number of carboxylic acids is 1. The Labute approximate surface area is 167 Å². The SMILES string of the molecule is CC(C)c1nc(COc2ccc(Cl)cc2)c(C(=O)O)cc1-c1ccccc1F. The van der Waals surface area contributed by atoms with Crippen molar-refractivity contribution in [3.63, 3.8) is 0 Å². The van der Waals surface area contributed by atoms with Crippen molar-refractivity contribution in [2.75, 3.05) is 0 Å². The largest absolute Gasteiger partial charge is 0.487 e. The van der Waals surface area contributed by atoms with Crippen LogP contribution in [0.4, 0.5) is 4.39 Å². The highest BCUT2D eigenvalue weighted by molar-refractivity contribution is 6.30. The fraction of sp³-hybridized carbons (Fsp3) is 0.182. The number of carboxylic acid groups (broad SMARTS) is 1. The zero-order valence-electron chi connectivity index (χ0n) is 15.4. The van der Waals surface area contributed by atoms with Crippen molar-refractivity contribution in [2.45, 2.75) is 26.4 Å². The van der Waals surface area contributed by atoms with Crippen LogP contribution in [0.1, 0.15) is 41.5 Å². The Balaban J connectivity index is 2.05. The predicted octanol–water partition coefficient (Wildman–Crippen LogP) is 5.94. The van der Waals surface area contributed by atoms with Crippen LogP contribution >= 0.6 is 11.6 Å². The fourth-order valence-corrected chi connectivity index (χ4v) is 3.01. The van der Waals surface area contributed by atoms with Crippen LogP contribution < -0.4 is 4.74 Å². The molecule has 0 saturated carbocycles. The van der Waals surface area contributed by atoms with Crippen LogP contribution in [0.3, 0.4) is 0 Å². The van der Waals surface area contributed by atoms with E-state index >= 15 is 0 Å². The number of rotatable bonds is 6. The summed E-state index contributed by atoms with van der Waals surface area (Å²) in [5.41, 5.74) is 1.68. The molecule has 0 saturated heterocycles. The third-order valence-corrected chi connectivity index (χ3v) is 4.51. The van der Waals surface area contributed by atoms with Gasteiger partial charge in [-0.2, -0.15) is 0 Å². The molecule has 0 spiro atoms. The Bertz CT molecular complexity index is 1000. The Hall–Kier alpha value is -2.92. The van der Waals surface area contributed by atoms with Crippen LogP contribution in [0.15, 0.2) is 54.6 Å². The Morgan fingerprint density at radius 3 is 2.43 bits per heavy atom. The van der Waals surface area contributed by atoms with Gasteiger partial charge in [0.05, 0.1) is 17.0 Å². The van der Waals surface area contributed by atoms with E-state index in [1.54, 1.807) is 42.5 Å². The molecule has 6 heteroatoms. The lowest BCUT2D eigenvalue weighted by molar-refractivity contribution is 0.0693. The maximum atomic E-state index is 14.3. The normalized spacial score (nSPS) is 10.9. The van der Waals surface area contributed by atoms with Gasteiger partial charge in [-0.3, -0.25) is 4.98 Å². The standard InChI is InChI=1S/C22H19ClFNO3/c1-13(2)21-17(16-5-3-4-6-19(16)24)11-18(22(26)27)20(25-21)12-28-15-9-7-14(23)8-10-15/h3-11,13H,12H2,1-2H3,(H,26,27). The molecule has 0 fully saturated rings. The molecule has 0 aliphatic carbocycles. The first kappa shape index (κ1) is 19.8. The minimum atomic E-state index is -1.14. The smallest absolute Gasteiger partial charge is 0.337 e. The minimum absolute atomic E-state index is 0.0170. The van der Waals surface area contributed by atoms with Crippen molar-refractivity contribution in [3.05, 3.63) is 82.4 Å². The van der Waals surface area contributed by atoms with Crippen molar-refractivity contribution in [1.82, 2.24) is 4.98 Å². The summed E-state index contributed by atoms with van der Waals surface area (Å²) in [6.07, 6.45) is 0. The van der Waals surface area contributed by atoms with Gasteiger partial charge in [-0.15, -0.1) is 0 Å². The van der Waals surface area contributed by atoms with Crippen LogP contribution in [0.25, 0.3) is 11.1 Å². The number of benzene rings is 2. The average molecular weight is 400 g/mol. The van der Waals surface area contributed by atoms with Crippen LogP contribution in [-0.2, 0) is 6.61 Å². The topological polar surface area (TPSA) is 59.4 Å². The second-order valence-electron chi connectivity index (χ2n) is 6.60. The van der Waals surface area contributed by atoms with Gasteiger partial charge >= 0.3 is 5.97 Å². The average Bonchev–Trinajstić information content (AvgIpc) is 2.67. The molecule has 28 heavy (non-hydrogen) atoms. The Kier molecular flexibility index (Phi) is 5.95. The van der Waals surface area contributed by atoms with E-state index in [1.165, 1.54) is 12.1 Å². The van der Waals surface area contributed by atoms with Gasteiger partial charge in [0.15, 0.2) is 0 Å². The van der Waals surface area contributed by atoms with E-state index in [4.69, 9.17) is 16.3 Å². The number of nitrogens with zero attached hydrogens (tertiary/aromatic N) is 1. The molecular weight excluding hydrogens is 381 g/mol. The highest BCUT2D eigenvalue weighted by Crippen LogP contribution is 2.32. The summed E-state index contributed by atoms with van der Waals surface area (Å²) in [4.78, 5) is 16.4. The number of pyridine rings is 1. The van der Waals surface area contributed by atoms with E-state index < -0.39 is 11.8 Å². The van der Waals surface area contributed by atoms with Gasteiger partial charge in [0.25, 0.3) is 0 Å². The van der Waals surface area contributed by atoms with Crippen molar-refractivity contribution < 1.29 is 19.0 Å². The molecule has 3 rings (SSSR count). The summed E-state index contributed by atoms with van der Waals surface area (Å²) < 4.78 is 20.0. The first-order chi connectivity index (χ1) is 13.4. The molecule has 0 aliphatic heterocycles. The molecule has 1 heterocycles. The van der Waals surface area contributed by atoms with Gasteiger partial charge < -0.3 is 9.84 Å². The summed E-state index contributed by atoms with van der Waals surface area (Å²) in [6.45, 7) is 3.83. The van der Waals surface area contributed by atoms with Crippen LogP contribution in [0.2, 0.25) is 5.02 Å². The second-order valence-corrected chi connectivity index (χ2v) is 7.03. The first-order valence-electron chi connectivity index (χ1n) is 8.77. The molecule has 0 unspecified atom stereocenters. The molecule has 1 N–H and O–H groups in total. The molecule has 0 aliphatic rings. The van der Waals surface area contributed by atoms with E-state index in [0.29, 0.717) is 27.6 Å². The third kappa shape index (κ3) is 4.31. The third-order valence-electron chi connectivity index (χ3n) is 4.26. The Morgan fingerprint density at radius 1 is 1.14 bits per heavy atom. The lowest BCUT2D eigenvalue weighted by Crippen LogP contribution is -2.12. The van der Waals surface area contributed by atoms with E-state index in [2.05, 4.69) is 4.98 Å². The molecule has 0 bridgehead atoms. The number of hydrogen-bond donors (Lipinski definition) is 1. The van der Waals surface area contributed by atoms with E-state index in [0.717, 1.165) is 0 Å². The highest BCUT2D eigenvalue weighted by atomic mass is 35.5. The van der Waals surface area contributed by atoms with Gasteiger partial charge in [-0.1, -0.05) is 43.6 Å². The summed E-state index contributed by atoms with van der Waals surface area (Å²) in [6, 6.07) is 14.5. The number of hydrogen-bond acceptors (Lipinski definition) is 3. The van der Waals surface area contributed by atoms with Crippen LogP contribution in [-0.4, -0.2) is 16.1 Å². The molecular formula is C22H19ClFNO3. The van der Waals surface area contributed by atoms with Gasteiger partial charge in [-0.05, 0) is 42.3 Å². The maximum absolute atomic E-state index is 14.3. The highest BCUT2D eigenvalue weighted by Gasteiger charge is 2.21. The molecule has 0 radical (unpaired) electrons. The summed E-state index contributed by atoms with van der Waals surface area (Å²) in [5, 5.41) is 10.2. The summed E-state index contributed by atoms with van der Waals surface area (Å²) in [7, 11) is 0. The zero-order valence-corrected chi connectivity index (χ0v) is 16.2. The van der Waals surface area contributed by atoms with Crippen LogP contribution in [0.5, 0.6) is 5.75 Å². The van der Waals surface area contributed by atoms with E-state index in [9.17, 15) is 14.3 Å². The van der Waals surface area contributed by atoms with Gasteiger partial charge in [0, 0.05) is 16.1 Å². The predicted molar refractivity (Wildman–Crippen MR) is 106 cm³/mol. The second kappa shape index (κ2) is 8.40. The van der Waals surface area contributed by atoms with Crippen molar-refractivity contribution in [2.24, 2.45) is 0 Å². The number of halogens is 2. The number of ether oxygens (including phenoxy) is 1. The maximum Gasteiger partial charge on any atom is 0.337 e. The summed E-state index contributed by atoms with van der Waals surface area (Å²) in [5.74, 6) is -1.05. The van der Waals surface area contributed by atoms with Crippen molar-refractivity contribution in [1.29, 1.82) is 0 Å². The van der Waals surface area contributed by atoms with E-state index in [1.807, 2.05) is 13.8 Å². The molecule has 4 nitrogen and oxygen atoms in total. The number of carbonyl (C=O) groups is 1. The zero-order chi connectivity index (χ0) is 20.3. The van der Waals surface area contributed by atoms with Gasteiger partial charge in [-0.25, -0.2) is 9.18 Å². The number of aromatic nitrogens is 1. The lowest BCUT2D eigenvalue weighted by atomic mass is 9.94. The van der Waals surface area contributed by atoms with E-state index in [-0.39, 0.29) is 23.8 Å². The van der Waals surface area contributed by atoms with Crippen LogP contribution in [0, 0.1) is 5.82 Å². The van der Waals surface area contributed by atoms with Crippen molar-refractivity contribution >= 4 is 17.6 Å². The molecule has 0 atom stereocenters. The molecule has 0 amide bonds. The quantitative estimate of drug-likeness (QED) is 0.557. The van der Waals surface area contributed by atoms with Gasteiger partial charge in [0.1, 0.15) is 18.2 Å². The van der Waals surface area contributed by atoms with Crippen molar-refractivity contribution in [3.8, 4) is 16.9 Å². The van der Waals surface area contributed by atoms with Gasteiger partial charge in [0.2, 0.25) is 0 Å². The molecule has 3 aromatic rings. The Morgan fingerprint density at radius 2 is 1.82 bits per heavy atom. The lowest BCUT2D eigenvalue weighted by Gasteiger charge is -2.17. The summed E-state index contributed by atoms with van der Waals surface area (Å²) >= 11 is 5.86.